The van der Waals surface area contributed by atoms with Gasteiger partial charge in [0.2, 0.25) is 0 Å². The highest BCUT2D eigenvalue weighted by atomic mass is 19.1. The van der Waals surface area contributed by atoms with E-state index in [1.54, 1.807) is 18.2 Å². The van der Waals surface area contributed by atoms with E-state index in [-0.39, 0.29) is 17.9 Å². The molecule has 0 aliphatic carbocycles. The van der Waals surface area contributed by atoms with Gasteiger partial charge >= 0.3 is 0 Å². The average Bonchev–Trinajstić information content (AvgIpc) is 2.43. The van der Waals surface area contributed by atoms with Crippen molar-refractivity contribution in [1.29, 1.82) is 0 Å². The average molecular weight is 279 g/mol. The number of phenols is 1. The third-order valence-electron chi connectivity index (χ3n) is 2.90. The van der Waals surface area contributed by atoms with Gasteiger partial charge in [0.25, 0.3) is 0 Å². The van der Waals surface area contributed by atoms with Crippen LogP contribution in [0.25, 0.3) is 0 Å². The fourth-order valence-corrected chi connectivity index (χ4v) is 1.87. The summed E-state index contributed by atoms with van der Waals surface area (Å²) in [5.74, 6) is -0.476. The Hall–Kier alpha value is -2.14. The number of hydrogen-bond acceptors (Lipinski definition) is 3. The van der Waals surface area contributed by atoms with Gasteiger partial charge in [0.05, 0.1) is 7.11 Å². The lowest BCUT2D eigenvalue weighted by Crippen LogP contribution is -2.14. The second kappa shape index (κ2) is 6.34. The molecule has 0 aromatic heterocycles. The minimum atomic E-state index is -0.467. The van der Waals surface area contributed by atoms with E-state index in [1.165, 1.54) is 7.11 Å². The van der Waals surface area contributed by atoms with Gasteiger partial charge in [-0.25, -0.2) is 8.78 Å². The lowest BCUT2D eigenvalue weighted by atomic mass is 10.1. The molecule has 0 saturated carbocycles. The maximum Gasteiger partial charge on any atom is 0.160 e. The Morgan fingerprint density at radius 2 is 1.90 bits per heavy atom. The molecule has 0 amide bonds. The molecule has 106 valence electrons. The van der Waals surface area contributed by atoms with E-state index in [2.05, 4.69) is 5.32 Å². The second-order valence-electron chi connectivity index (χ2n) is 4.35. The second-order valence-corrected chi connectivity index (χ2v) is 4.35. The van der Waals surface area contributed by atoms with Gasteiger partial charge in [-0.15, -0.1) is 0 Å². The number of hydrogen-bond donors (Lipinski definition) is 2. The number of phenolic OH excluding ortho intramolecular Hbond substituents is 1. The van der Waals surface area contributed by atoms with Gasteiger partial charge in [0.15, 0.2) is 11.5 Å². The molecule has 0 saturated heterocycles. The van der Waals surface area contributed by atoms with E-state index in [9.17, 15) is 13.9 Å². The molecule has 2 aromatic rings. The third-order valence-corrected chi connectivity index (χ3v) is 2.90. The SMILES string of the molecule is COc1ccc(CNCc2cc(F)ccc2F)cc1O. The summed E-state index contributed by atoms with van der Waals surface area (Å²) < 4.78 is 31.3. The smallest absolute Gasteiger partial charge is 0.160 e. The van der Waals surface area contributed by atoms with Gasteiger partial charge in [0, 0.05) is 18.7 Å². The van der Waals surface area contributed by atoms with Crippen molar-refractivity contribution >= 4 is 0 Å². The maximum absolute atomic E-state index is 13.4. The van der Waals surface area contributed by atoms with Crippen molar-refractivity contribution in [3.05, 3.63) is 59.2 Å². The summed E-state index contributed by atoms with van der Waals surface area (Å²) in [4.78, 5) is 0. The lowest BCUT2D eigenvalue weighted by molar-refractivity contribution is 0.373. The first kappa shape index (κ1) is 14.3. The van der Waals surface area contributed by atoms with Crippen LogP contribution in [0.3, 0.4) is 0 Å². The van der Waals surface area contributed by atoms with Crippen LogP contribution in [0.15, 0.2) is 36.4 Å². The summed E-state index contributed by atoms with van der Waals surface area (Å²) in [6.07, 6.45) is 0. The van der Waals surface area contributed by atoms with Crippen molar-refractivity contribution in [1.82, 2.24) is 5.32 Å². The van der Waals surface area contributed by atoms with Crippen molar-refractivity contribution < 1.29 is 18.6 Å². The van der Waals surface area contributed by atoms with Crippen LogP contribution >= 0.6 is 0 Å². The number of halogens is 2. The molecule has 5 heteroatoms. The van der Waals surface area contributed by atoms with E-state index >= 15 is 0 Å². The Labute approximate surface area is 115 Å². The lowest BCUT2D eigenvalue weighted by Gasteiger charge is -2.08. The molecule has 0 atom stereocenters. The standard InChI is InChI=1S/C15H15F2NO2/c1-20-15-5-2-10(6-14(15)19)8-18-9-11-7-12(16)3-4-13(11)17/h2-7,18-19H,8-9H2,1H3. The van der Waals surface area contributed by atoms with Crippen molar-refractivity contribution in [3.63, 3.8) is 0 Å². The summed E-state index contributed by atoms with van der Waals surface area (Å²) >= 11 is 0. The number of methoxy groups -OCH3 is 1. The minimum Gasteiger partial charge on any atom is -0.504 e. The van der Waals surface area contributed by atoms with Crippen molar-refractivity contribution in [2.24, 2.45) is 0 Å². The summed E-state index contributed by atoms with van der Waals surface area (Å²) in [6.45, 7) is 0.629. The van der Waals surface area contributed by atoms with Gasteiger partial charge in [-0.2, -0.15) is 0 Å². The maximum atomic E-state index is 13.4. The molecule has 20 heavy (non-hydrogen) atoms. The van der Waals surface area contributed by atoms with Gasteiger partial charge in [-0.05, 0) is 35.9 Å². The topological polar surface area (TPSA) is 41.5 Å². The molecule has 0 spiro atoms. The van der Waals surface area contributed by atoms with Crippen molar-refractivity contribution in [2.45, 2.75) is 13.1 Å². The van der Waals surface area contributed by atoms with Crippen LogP contribution < -0.4 is 10.1 Å². The van der Waals surface area contributed by atoms with E-state index in [4.69, 9.17) is 4.74 Å². The van der Waals surface area contributed by atoms with E-state index in [0.717, 1.165) is 23.8 Å². The number of nitrogens with one attached hydrogen (secondary N) is 1. The molecule has 0 aliphatic heterocycles. The first-order valence-electron chi connectivity index (χ1n) is 6.10. The van der Waals surface area contributed by atoms with Gasteiger partial charge in [0.1, 0.15) is 11.6 Å². The molecule has 3 nitrogen and oxygen atoms in total. The van der Waals surface area contributed by atoms with Crippen LogP contribution in [0, 0.1) is 11.6 Å². The van der Waals surface area contributed by atoms with Crippen LogP contribution in [-0.2, 0) is 13.1 Å². The molecule has 0 bridgehead atoms. The predicted octanol–water partition coefficient (Wildman–Crippen LogP) is 2.97. The molecule has 0 fully saturated rings. The zero-order valence-corrected chi connectivity index (χ0v) is 11.0. The van der Waals surface area contributed by atoms with Crippen LogP contribution in [0.5, 0.6) is 11.5 Å². The Morgan fingerprint density at radius 3 is 2.60 bits per heavy atom. The molecule has 0 aliphatic rings. The molecular weight excluding hydrogens is 264 g/mol. The Kier molecular flexibility index (Phi) is 4.53. The minimum absolute atomic E-state index is 0.0451. The predicted molar refractivity (Wildman–Crippen MR) is 71.6 cm³/mol. The molecule has 0 unspecified atom stereocenters. The van der Waals surface area contributed by atoms with E-state index < -0.39 is 11.6 Å². The van der Waals surface area contributed by atoms with Gasteiger partial charge in [-0.3, -0.25) is 0 Å². The summed E-state index contributed by atoms with van der Waals surface area (Å²) in [6, 6.07) is 8.34. The zero-order valence-electron chi connectivity index (χ0n) is 11.0. The summed E-state index contributed by atoms with van der Waals surface area (Å²) in [7, 11) is 1.47. The van der Waals surface area contributed by atoms with Crippen molar-refractivity contribution in [3.8, 4) is 11.5 Å². The molecule has 0 radical (unpaired) electrons. The summed E-state index contributed by atoms with van der Waals surface area (Å²) in [5.41, 5.74) is 1.09. The number of rotatable bonds is 5. The van der Waals surface area contributed by atoms with Crippen LogP contribution in [0.1, 0.15) is 11.1 Å². The molecular formula is C15H15F2NO2. The monoisotopic (exact) mass is 279 g/mol. The zero-order chi connectivity index (χ0) is 14.5. The fourth-order valence-electron chi connectivity index (χ4n) is 1.87. The number of ether oxygens (including phenoxy) is 1. The molecule has 0 heterocycles. The number of aromatic hydroxyl groups is 1. The first-order chi connectivity index (χ1) is 9.60. The molecule has 2 aromatic carbocycles. The van der Waals surface area contributed by atoms with E-state index in [1.807, 2.05) is 0 Å². The highest BCUT2D eigenvalue weighted by Crippen LogP contribution is 2.26. The van der Waals surface area contributed by atoms with E-state index in [0.29, 0.717) is 12.3 Å². The van der Waals surface area contributed by atoms with Gasteiger partial charge in [-0.1, -0.05) is 6.07 Å². The molecule has 2 rings (SSSR count). The van der Waals surface area contributed by atoms with Crippen LogP contribution in [0.4, 0.5) is 8.78 Å². The Morgan fingerprint density at radius 1 is 1.10 bits per heavy atom. The van der Waals surface area contributed by atoms with Crippen LogP contribution in [0.2, 0.25) is 0 Å². The number of benzene rings is 2. The Balaban J connectivity index is 1.96. The van der Waals surface area contributed by atoms with Gasteiger partial charge < -0.3 is 15.2 Å². The summed E-state index contributed by atoms with van der Waals surface area (Å²) in [5, 5.41) is 12.6. The van der Waals surface area contributed by atoms with Crippen LogP contribution in [-0.4, -0.2) is 12.2 Å². The highest BCUT2D eigenvalue weighted by Gasteiger charge is 2.05. The Bertz CT molecular complexity index is 602. The normalized spacial score (nSPS) is 10.6. The molecule has 2 N–H and O–H groups in total. The first-order valence-corrected chi connectivity index (χ1v) is 6.10. The van der Waals surface area contributed by atoms with Crippen molar-refractivity contribution in [2.75, 3.05) is 7.11 Å². The largest absolute Gasteiger partial charge is 0.504 e. The highest BCUT2D eigenvalue weighted by molar-refractivity contribution is 5.41. The fraction of sp³-hybridized carbons (Fsp3) is 0.200. The third kappa shape index (κ3) is 3.45. The quantitative estimate of drug-likeness (QED) is 0.884.